The van der Waals surface area contributed by atoms with Crippen molar-refractivity contribution >= 4 is 39.8 Å². The lowest BCUT2D eigenvalue weighted by molar-refractivity contribution is 0.235. The SMILES string of the molecule is CCS(=O)(=O)CCNC(=NC)N1CCC(c2ccccc2)C(C)C1.I. The van der Waals surface area contributed by atoms with E-state index in [0.717, 1.165) is 25.5 Å². The summed E-state index contributed by atoms with van der Waals surface area (Å²) in [5, 5.41) is 3.20. The smallest absolute Gasteiger partial charge is 0.193 e. The van der Waals surface area contributed by atoms with Crippen LogP contribution in [0.2, 0.25) is 0 Å². The molecule has 1 aliphatic heterocycles. The lowest BCUT2D eigenvalue weighted by atomic mass is 9.82. The second-order valence-electron chi connectivity index (χ2n) is 6.44. The maximum Gasteiger partial charge on any atom is 0.193 e. The summed E-state index contributed by atoms with van der Waals surface area (Å²) in [4.78, 5) is 6.56. The fraction of sp³-hybridized carbons (Fsp3) is 0.611. The van der Waals surface area contributed by atoms with E-state index < -0.39 is 9.84 Å². The monoisotopic (exact) mass is 479 g/mol. The molecule has 1 heterocycles. The number of sulfone groups is 1. The molecule has 2 unspecified atom stereocenters. The Labute approximate surface area is 169 Å². The van der Waals surface area contributed by atoms with Crippen molar-refractivity contribution in [3.05, 3.63) is 35.9 Å². The van der Waals surface area contributed by atoms with Crippen LogP contribution in [0.5, 0.6) is 0 Å². The van der Waals surface area contributed by atoms with E-state index >= 15 is 0 Å². The molecule has 1 aromatic carbocycles. The van der Waals surface area contributed by atoms with Gasteiger partial charge < -0.3 is 10.2 Å². The van der Waals surface area contributed by atoms with Crippen LogP contribution in [0.15, 0.2) is 35.3 Å². The van der Waals surface area contributed by atoms with Crippen LogP contribution in [0.4, 0.5) is 0 Å². The lowest BCUT2D eigenvalue weighted by Gasteiger charge is -2.38. The lowest BCUT2D eigenvalue weighted by Crippen LogP contribution is -2.48. The van der Waals surface area contributed by atoms with Crippen molar-refractivity contribution in [1.29, 1.82) is 0 Å². The summed E-state index contributed by atoms with van der Waals surface area (Å²) < 4.78 is 23.2. The largest absolute Gasteiger partial charge is 0.355 e. The number of likely N-dealkylation sites (tertiary alicyclic amines) is 1. The van der Waals surface area contributed by atoms with Gasteiger partial charge in [-0.1, -0.05) is 44.2 Å². The Bertz CT molecular complexity index is 650. The van der Waals surface area contributed by atoms with E-state index in [1.807, 2.05) is 0 Å². The molecule has 0 radical (unpaired) electrons. The maximum absolute atomic E-state index is 11.6. The second-order valence-corrected chi connectivity index (χ2v) is 8.91. The summed E-state index contributed by atoms with van der Waals surface area (Å²) in [7, 11) is -1.19. The highest BCUT2D eigenvalue weighted by Crippen LogP contribution is 2.32. The third kappa shape index (κ3) is 6.44. The quantitative estimate of drug-likeness (QED) is 0.401. The number of halogens is 1. The van der Waals surface area contributed by atoms with Crippen molar-refractivity contribution in [2.24, 2.45) is 10.9 Å². The molecule has 142 valence electrons. The number of piperidine rings is 1. The molecule has 0 aromatic heterocycles. The molecule has 1 aromatic rings. The van der Waals surface area contributed by atoms with Gasteiger partial charge in [0.25, 0.3) is 0 Å². The minimum atomic E-state index is -2.95. The highest BCUT2D eigenvalue weighted by atomic mass is 127. The molecule has 0 spiro atoms. The molecule has 0 saturated carbocycles. The van der Waals surface area contributed by atoms with E-state index in [1.54, 1.807) is 14.0 Å². The van der Waals surface area contributed by atoms with Crippen LogP contribution in [0.25, 0.3) is 0 Å². The number of nitrogens with zero attached hydrogens (tertiary/aromatic N) is 2. The molecule has 2 rings (SSSR count). The molecule has 25 heavy (non-hydrogen) atoms. The van der Waals surface area contributed by atoms with E-state index in [9.17, 15) is 8.42 Å². The zero-order valence-corrected chi connectivity index (χ0v) is 18.5. The van der Waals surface area contributed by atoms with Crippen LogP contribution in [0.3, 0.4) is 0 Å². The summed E-state index contributed by atoms with van der Waals surface area (Å²) in [6, 6.07) is 10.7. The molecule has 0 amide bonds. The molecule has 0 aliphatic carbocycles. The predicted octanol–water partition coefficient (Wildman–Crippen LogP) is 2.74. The van der Waals surface area contributed by atoms with Crippen LogP contribution in [0, 0.1) is 5.92 Å². The van der Waals surface area contributed by atoms with Gasteiger partial charge in [0.15, 0.2) is 15.8 Å². The van der Waals surface area contributed by atoms with Crippen molar-refractivity contribution in [2.75, 3.05) is 38.2 Å². The zero-order valence-electron chi connectivity index (χ0n) is 15.3. The normalized spacial score (nSPS) is 21.6. The van der Waals surface area contributed by atoms with E-state index in [-0.39, 0.29) is 35.5 Å². The number of rotatable bonds is 5. The fourth-order valence-electron chi connectivity index (χ4n) is 3.33. The van der Waals surface area contributed by atoms with E-state index in [2.05, 4.69) is 52.5 Å². The predicted molar refractivity (Wildman–Crippen MR) is 116 cm³/mol. The Morgan fingerprint density at radius 2 is 2.00 bits per heavy atom. The van der Waals surface area contributed by atoms with Crippen LogP contribution in [0.1, 0.15) is 31.7 Å². The van der Waals surface area contributed by atoms with Crippen molar-refractivity contribution in [3.8, 4) is 0 Å². The average molecular weight is 479 g/mol. The highest BCUT2D eigenvalue weighted by molar-refractivity contribution is 14.0. The van der Waals surface area contributed by atoms with Gasteiger partial charge in [-0.15, -0.1) is 24.0 Å². The van der Waals surface area contributed by atoms with Crippen LogP contribution in [-0.4, -0.2) is 57.5 Å². The Kier molecular flexibility index (Phi) is 9.20. The Hall–Kier alpha value is -0.830. The number of hydrogen-bond acceptors (Lipinski definition) is 3. The molecular weight excluding hydrogens is 449 g/mol. The van der Waals surface area contributed by atoms with E-state index in [1.165, 1.54) is 5.56 Å². The van der Waals surface area contributed by atoms with Gasteiger partial charge in [-0.05, 0) is 23.8 Å². The van der Waals surface area contributed by atoms with Gasteiger partial charge >= 0.3 is 0 Å². The van der Waals surface area contributed by atoms with Gasteiger partial charge in [0.05, 0.1) is 5.75 Å². The second kappa shape index (κ2) is 10.4. The van der Waals surface area contributed by atoms with Crippen molar-refractivity contribution in [2.45, 2.75) is 26.2 Å². The van der Waals surface area contributed by atoms with E-state index in [4.69, 9.17) is 0 Å². The molecule has 2 atom stereocenters. The number of nitrogens with one attached hydrogen (secondary N) is 1. The summed E-state index contributed by atoms with van der Waals surface area (Å²) in [6.07, 6.45) is 1.08. The number of benzene rings is 1. The molecule has 1 fully saturated rings. The Balaban J connectivity index is 0.00000312. The van der Waals surface area contributed by atoms with Gasteiger partial charge in [-0.25, -0.2) is 8.42 Å². The molecule has 5 nitrogen and oxygen atoms in total. The Morgan fingerprint density at radius 1 is 1.32 bits per heavy atom. The van der Waals surface area contributed by atoms with Gasteiger partial charge in [0.1, 0.15) is 0 Å². The fourth-order valence-corrected chi connectivity index (χ4v) is 4.03. The number of aliphatic imine (C=N–C) groups is 1. The first-order valence-electron chi connectivity index (χ1n) is 8.67. The van der Waals surface area contributed by atoms with Gasteiger partial charge in [-0.2, -0.15) is 0 Å². The number of guanidine groups is 1. The molecule has 1 N–H and O–H groups in total. The topological polar surface area (TPSA) is 61.8 Å². The minimum Gasteiger partial charge on any atom is -0.355 e. The summed E-state index contributed by atoms with van der Waals surface area (Å²) in [6.45, 7) is 6.23. The first kappa shape index (κ1) is 22.2. The van der Waals surface area contributed by atoms with Crippen molar-refractivity contribution in [1.82, 2.24) is 10.2 Å². The summed E-state index contributed by atoms with van der Waals surface area (Å²) in [5.41, 5.74) is 1.40. The summed E-state index contributed by atoms with van der Waals surface area (Å²) >= 11 is 0. The number of hydrogen-bond donors (Lipinski definition) is 1. The average Bonchev–Trinajstić information content (AvgIpc) is 2.59. The first-order valence-corrected chi connectivity index (χ1v) is 10.5. The first-order chi connectivity index (χ1) is 11.5. The van der Waals surface area contributed by atoms with Crippen LogP contribution >= 0.6 is 24.0 Å². The summed E-state index contributed by atoms with van der Waals surface area (Å²) in [5.74, 6) is 2.24. The van der Waals surface area contributed by atoms with E-state index in [0.29, 0.717) is 18.4 Å². The Morgan fingerprint density at radius 3 is 2.56 bits per heavy atom. The van der Waals surface area contributed by atoms with Gasteiger partial charge in [-0.3, -0.25) is 4.99 Å². The third-order valence-electron chi connectivity index (χ3n) is 4.78. The zero-order chi connectivity index (χ0) is 17.6. The van der Waals surface area contributed by atoms with Gasteiger partial charge in [0, 0.05) is 32.4 Å². The standard InChI is InChI=1S/C18H29N3O2S.HI/c1-4-24(22,23)13-11-20-18(19-3)21-12-10-17(15(2)14-21)16-8-6-5-7-9-16;/h5-9,15,17H,4,10-14H2,1-3H3,(H,19,20);1H. The molecular formula is C18H30IN3O2S. The molecule has 0 bridgehead atoms. The molecule has 1 aliphatic rings. The maximum atomic E-state index is 11.6. The van der Waals surface area contributed by atoms with Gasteiger partial charge in [0.2, 0.25) is 0 Å². The minimum absolute atomic E-state index is 0. The van der Waals surface area contributed by atoms with Crippen LogP contribution in [-0.2, 0) is 9.84 Å². The van der Waals surface area contributed by atoms with Crippen LogP contribution < -0.4 is 5.32 Å². The third-order valence-corrected chi connectivity index (χ3v) is 6.49. The van der Waals surface area contributed by atoms with Crippen molar-refractivity contribution in [3.63, 3.8) is 0 Å². The highest BCUT2D eigenvalue weighted by Gasteiger charge is 2.28. The van der Waals surface area contributed by atoms with Crippen molar-refractivity contribution < 1.29 is 8.42 Å². The molecule has 1 saturated heterocycles. The molecule has 7 heteroatoms.